The number of pyridine rings is 5. The molecule has 2 atom stereocenters. The van der Waals surface area contributed by atoms with E-state index in [1.807, 2.05) is 73.8 Å². The molecule has 5 aromatic heterocycles. The molecule has 4 aliphatic heterocycles. The number of benzene rings is 10. The van der Waals surface area contributed by atoms with E-state index in [0.717, 1.165) is 95.8 Å². The van der Waals surface area contributed by atoms with Gasteiger partial charge in [0.15, 0.2) is 0 Å². The van der Waals surface area contributed by atoms with Crippen molar-refractivity contribution >= 4 is 90.0 Å². The van der Waals surface area contributed by atoms with Crippen LogP contribution in [0.4, 0.5) is 48.3 Å². The molecule has 9 heterocycles. The summed E-state index contributed by atoms with van der Waals surface area (Å²) in [6.07, 6.45) is -4.02. The number of carbonyl (C=O) groups excluding carboxylic acids is 6. The van der Waals surface area contributed by atoms with Crippen LogP contribution >= 0.6 is 0 Å². The number of piperazine rings is 1. The van der Waals surface area contributed by atoms with Crippen molar-refractivity contribution in [2.45, 2.75) is 82.7 Å². The third-order valence-electron chi connectivity index (χ3n) is 24.1. The van der Waals surface area contributed by atoms with Gasteiger partial charge in [-0.15, -0.1) is 0 Å². The van der Waals surface area contributed by atoms with Crippen LogP contribution in [0.5, 0.6) is 0 Å². The van der Waals surface area contributed by atoms with Crippen LogP contribution in [0.25, 0.3) is 110 Å². The summed E-state index contributed by atoms with van der Waals surface area (Å²) in [6, 6.07) is 64.7. The van der Waals surface area contributed by atoms with Crippen LogP contribution in [-0.2, 0) is 42.4 Å². The molecule has 23 nitrogen and oxygen atoms in total. The van der Waals surface area contributed by atoms with Crippen LogP contribution < -0.4 is 34.0 Å². The molecule has 1 unspecified atom stereocenters. The highest BCUT2D eigenvalue weighted by atomic mass is 19.4. The first-order chi connectivity index (χ1) is 66.0. The van der Waals surface area contributed by atoms with Gasteiger partial charge in [-0.3, -0.25) is 48.4 Å². The van der Waals surface area contributed by atoms with Crippen molar-refractivity contribution in [3.8, 4) is 55.6 Å². The van der Waals surface area contributed by atoms with Gasteiger partial charge in [0.05, 0.1) is 47.8 Å². The number of nitrogens with zero attached hydrogens (tertiary/aromatic N) is 10. The second kappa shape index (κ2) is 42.5. The Hall–Kier alpha value is -14.9. The van der Waals surface area contributed by atoms with E-state index in [-0.39, 0.29) is 89.4 Å². The number of nitrogens with one attached hydrogen (secondary N) is 1. The zero-order valence-corrected chi connectivity index (χ0v) is 74.6. The maximum Gasteiger partial charge on any atom is 0.404 e. The van der Waals surface area contributed by atoms with E-state index in [2.05, 4.69) is 40.0 Å². The van der Waals surface area contributed by atoms with Crippen LogP contribution in [0.2, 0.25) is 0 Å². The summed E-state index contributed by atoms with van der Waals surface area (Å²) in [4.78, 5) is 104. The molecule has 6 amide bonds. The standard InChI is InChI=1S/C22H19F4N3O.C21H18F3N3O.C21H19F2N3O.C21H19FN4O2.C19H18FN3O2/c23-15-6-4-14(5-7-15)17-11-19(21(27)30)28-18-10-13(3-8-16(17)18)12-29-9-1-2-20(29)22(24,25)26;22-15-4-2-14(3-5-15)17-10-19(20(25)28)26-18-9-13(1-6-16(17)18)11-27-8-7-21(23,24)12-27;22-15-4-2-14(3-5-15)18-10-20(21(24)27)25-19-9-13(1-6-17(18)19)11-26-8-7-16(23)12-26;22-15-4-2-14(3-5-15)17-10-19(21(23)28)25-18-9-13(1-6-16(17)18)11-26-8-7-24-20(27)12-26;1-23(25-2)11-12-3-8-15-16(13-4-6-14(20)7-5-13)10-18(19(21)24)22-17(15)9-12/h3-8,10-11,20H,1-2,9,12H2,(H2,27,30);1-6,9-10H,7-8,11-12H2,(H2,25,28);1-6,9-10,16H,7-8,11-12H2,(H2,24,27);1-6,9-10H,7-8,11-12H2,(H2,23,28)(H,24,27);3-10H,11H2,1-2H3,(H2,21,24)/t;;16-;;/m..1../s1. The number of hydrogen-bond donors (Lipinski definition) is 6. The quantitative estimate of drug-likeness (QED) is 0.0287. The Balaban J connectivity index is 0.000000131. The van der Waals surface area contributed by atoms with Gasteiger partial charge in [0.25, 0.3) is 35.5 Å². The van der Waals surface area contributed by atoms with Crippen molar-refractivity contribution in [3.05, 3.63) is 328 Å². The zero-order valence-electron chi connectivity index (χ0n) is 74.6. The second-order valence-electron chi connectivity index (χ2n) is 34.0. The van der Waals surface area contributed by atoms with E-state index < -0.39 is 53.8 Å². The molecule has 4 fully saturated rings. The number of hydrogen-bond acceptors (Lipinski definition) is 17. The number of hydroxylamine groups is 2. The van der Waals surface area contributed by atoms with Crippen molar-refractivity contribution in [2.24, 2.45) is 28.7 Å². The van der Waals surface area contributed by atoms with Crippen LogP contribution in [-0.4, -0.2) is 176 Å². The predicted octanol–water partition coefficient (Wildman–Crippen LogP) is 17.5. The highest BCUT2D eigenvalue weighted by Crippen LogP contribution is 2.40. The molecule has 0 aliphatic carbocycles. The Morgan fingerprint density at radius 1 is 0.413 bits per heavy atom. The van der Waals surface area contributed by atoms with Gasteiger partial charge in [-0.1, -0.05) is 121 Å². The normalized spacial score (nSPS) is 15.6. The molecule has 138 heavy (non-hydrogen) atoms. The van der Waals surface area contributed by atoms with Gasteiger partial charge in [-0.25, -0.2) is 60.0 Å². The number of alkyl halides is 6. The number of fused-ring (bicyclic) bond motifs is 5. The molecule has 10 aromatic carbocycles. The molecule has 0 bridgehead atoms. The number of amides is 6. The summed E-state index contributed by atoms with van der Waals surface area (Å²) in [7, 11) is 3.42. The van der Waals surface area contributed by atoms with Gasteiger partial charge in [0.2, 0.25) is 5.91 Å². The molecule has 34 heteroatoms. The van der Waals surface area contributed by atoms with Crippen molar-refractivity contribution < 1.29 is 81.9 Å². The van der Waals surface area contributed by atoms with Gasteiger partial charge in [0.1, 0.15) is 69.8 Å². The SMILES string of the molecule is CON(C)Cc1ccc2c(-c3ccc(F)cc3)cc(C(N)=O)nc2c1.NC(=O)c1cc(-c2ccc(F)cc2)c2ccc(CN3CCC(F)(F)C3)cc2n1.NC(=O)c1cc(-c2ccc(F)cc2)c2ccc(CN3CCCC3C(F)(F)F)cc2n1.NC(=O)c1cc(-c2ccc(F)cc2)c2ccc(CN3CCNC(=O)C3)cc2n1.NC(=O)c1cc(-c2ccc(F)cc2)c2ccc(CN3CC[C@@H](F)C3)cc2n1. The summed E-state index contributed by atoms with van der Waals surface area (Å²) in [5, 5.41) is 8.51. The lowest BCUT2D eigenvalue weighted by molar-refractivity contribution is -0.177. The van der Waals surface area contributed by atoms with E-state index in [9.17, 15) is 77.1 Å². The Labute approximate surface area is 784 Å². The molecule has 708 valence electrons. The first kappa shape index (κ1) is 97.6. The fraction of sp³-hybridized carbons (Fsp3) is 0.221. The van der Waals surface area contributed by atoms with Gasteiger partial charge < -0.3 is 38.8 Å². The number of carbonyl (C=O) groups is 6. The first-order valence-corrected chi connectivity index (χ1v) is 44.0. The lowest BCUT2D eigenvalue weighted by atomic mass is 9.98. The smallest absolute Gasteiger partial charge is 0.364 e. The highest BCUT2D eigenvalue weighted by molar-refractivity contribution is 6.06. The fourth-order valence-corrected chi connectivity index (χ4v) is 17.2. The molecule has 11 N–H and O–H groups in total. The zero-order chi connectivity index (χ0) is 98.0. The molecule has 4 saturated heterocycles. The molecular weight excluding hydrogens is 1790 g/mol. The summed E-state index contributed by atoms with van der Waals surface area (Å²) >= 11 is 0. The van der Waals surface area contributed by atoms with Crippen LogP contribution in [0.15, 0.2) is 243 Å². The monoisotopic (exact) mass is 1890 g/mol. The Morgan fingerprint density at radius 3 is 1.01 bits per heavy atom. The summed E-state index contributed by atoms with van der Waals surface area (Å²) < 4.78 is 146. The number of primary amides is 5. The summed E-state index contributed by atoms with van der Waals surface area (Å²) in [5.74, 6) is -7.60. The second-order valence-corrected chi connectivity index (χ2v) is 34.0. The summed E-state index contributed by atoms with van der Waals surface area (Å²) in [6.45, 7) is 5.69. The average Bonchev–Trinajstić information content (AvgIpc) is 0.920. The van der Waals surface area contributed by atoms with E-state index >= 15 is 0 Å². The van der Waals surface area contributed by atoms with Crippen molar-refractivity contribution in [2.75, 3.05) is 66.5 Å². The Morgan fingerprint density at radius 2 is 0.725 bits per heavy atom. The van der Waals surface area contributed by atoms with E-state index in [1.54, 1.807) is 126 Å². The molecular formula is C104H93F11N16O7. The lowest BCUT2D eigenvalue weighted by Gasteiger charge is -2.26. The number of likely N-dealkylation sites (tertiary alicyclic amines) is 3. The van der Waals surface area contributed by atoms with Crippen LogP contribution in [0.1, 0.15) is 106 Å². The Kier molecular flexibility index (Phi) is 30.1. The van der Waals surface area contributed by atoms with Gasteiger partial charge in [-0.05, 0) is 231 Å². The topological polar surface area (TPSA) is 334 Å². The predicted molar refractivity (Wildman–Crippen MR) is 504 cm³/mol. The molecule has 0 saturated carbocycles. The number of aromatic nitrogens is 5. The number of nitrogens with two attached hydrogens (primary N) is 5. The largest absolute Gasteiger partial charge is 0.404 e. The van der Waals surface area contributed by atoms with E-state index in [1.165, 1.54) is 71.6 Å². The third kappa shape index (κ3) is 24.3. The summed E-state index contributed by atoms with van der Waals surface area (Å²) in [5.41, 5.74) is 42.6. The van der Waals surface area contributed by atoms with Crippen LogP contribution in [0, 0.1) is 29.1 Å². The molecule has 19 rings (SSSR count). The molecule has 0 spiro atoms. The fourth-order valence-electron chi connectivity index (χ4n) is 17.2. The minimum atomic E-state index is -4.26. The third-order valence-corrected chi connectivity index (χ3v) is 24.1. The molecule has 0 radical (unpaired) electrons. The Bertz CT molecular complexity index is 7090. The van der Waals surface area contributed by atoms with Gasteiger partial charge >= 0.3 is 6.18 Å². The van der Waals surface area contributed by atoms with E-state index in [0.29, 0.717) is 127 Å². The maximum atomic E-state index is 13.4. The first-order valence-electron chi connectivity index (χ1n) is 44.0. The van der Waals surface area contributed by atoms with Gasteiger partial charge in [0, 0.05) is 106 Å². The highest BCUT2D eigenvalue weighted by Gasteiger charge is 2.46. The van der Waals surface area contributed by atoms with Gasteiger partial charge in [-0.2, -0.15) is 18.2 Å². The minimum Gasteiger partial charge on any atom is -0.364 e. The minimum absolute atomic E-state index is 0.0137. The van der Waals surface area contributed by atoms with Crippen molar-refractivity contribution in [1.29, 1.82) is 0 Å². The van der Waals surface area contributed by atoms with Crippen molar-refractivity contribution in [1.82, 2.24) is 54.9 Å². The number of halogens is 11. The molecule has 15 aromatic rings. The van der Waals surface area contributed by atoms with Crippen LogP contribution in [0.3, 0.4) is 0 Å². The maximum absolute atomic E-state index is 13.4. The van der Waals surface area contributed by atoms with E-state index in [4.69, 9.17) is 33.5 Å². The van der Waals surface area contributed by atoms with Crippen molar-refractivity contribution in [3.63, 3.8) is 0 Å². The molecule has 4 aliphatic rings. The lowest BCUT2D eigenvalue weighted by Crippen LogP contribution is -2.47. The number of rotatable bonds is 21. The average molecular weight is 1890 g/mol.